The molecule has 0 saturated heterocycles. The van der Waals surface area contributed by atoms with E-state index in [-0.39, 0.29) is 0 Å². The number of para-hydroxylation sites is 1. The molecule has 0 fully saturated rings. The minimum atomic E-state index is 0.899. The van der Waals surface area contributed by atoms with Crippen LogP contribution in [0.2, 0.25) is 0 Å². The molecule has 2 nitrogen and oxygen atoms in total. The topological polar surface area (TPSA) is 16.4 Å². The Bertz CT molecular complexity index is 2460. The highest BCUT2D eigenvalue weighted by Gasteiger charge is 2.19. The van der Waals surface area contributed by atoms with Gasteiger partial charge in [-0.15, -0.1) is 11.3 Å². The molecule has 0 saturated carbocycles. The van der Waals surface area contributed by atoms with Crippen molar-refractivity contribution in [1.29, 1.82) is 0 Å². The van der Waals surface area contributed by atoms with Crippen LogP contribution in [0.5, 0.6) is 0 Å². The quantitative estimate of drug-likeness (QED) is 0.210. The van der Waals surface area contributed by atoms with Gasteiger partial charge in [-0.1, -0.05) is 103 Å². The molecule has 9 aromatic rings. The van der Waals surface area contributed by atoms with E-state index in [0.717, 1.165) is 33.3 Å². The summed E-state index contributed by atoms with van der Waals surface area (Å²) in [7, 11) is 0. The fourth-order valence-corrected chi connectivity index (χ4v) is 7.66. The predicted molar refractivity (Wildman–Crippen MR) is 184 cm³/mol. The van der Waals surface area contributed by atoms with Gasteiger partial charge in [0.15, 0.2) is 0 Å². The Labute approximate surface area is 252 Å². The summed E-state index contributed by atoms with van der Waals surface area (Å²) in [5, 5.41) is 7.35. The zero-order chi connectivity index (χ0) is 28.3. The Morgan fingerprint density at radius 2 is 1.14 bits per heavy atom. The van der Waals surface area contributed by atoms with Crippen molar-refractivity contribution in [2.45, 2.75) is 0 Å². The zero-order valence-electron chi connectivity index (χ0n) is 23.2. The van der Waals surface area contributed by atoms with Gasteiger partial charge in [-0.05, 0) is 70.4 Å². The summed E-state index contributed by atoms with van der Waals surface area (Å²) in [4.78, 5) is 2.39. The van der Waals surface area contributed by atoms with Crippen molar-refractivity contribution in [3.8, 4) is 11.1 Å². The first-order valence-electron chi connectivity index (χ1n) is 14.5. The van der Waals surface area contributed by atoms with Crippen LogP contribution in [0, 0.1) is 0 Å². The van der Waals surface area contributed by atoms with Crippen LogP contribution >= 0.6 is 11.3 Å². The number of hydrogen-bond acceptors (Lipinski definition) is 3. The summed E-state index contributed by atoms with van der Waals surface area (Å²) in [6.07, 6.45) is 0. The second-order valence-electron chi connectivity index (χ2n) is 10.9. The summed E-state index contributed by atoms with van der Waals surface area (Å²) in [6, 6.07) is 54.3. The number of benzene rings is 7. The lowest BCUT2D eigenvalue weighted by Crippen LogP contribution is -2.10. The Hall–Kier alpha value is -5.38. The highest BCUT2D eigenvalue weighted by Crippen LogP contribution is 2.46. The number of fused-ring (bicyclic) bond motifs is 7. The maximum atomic E-state index is 6.19. The van der Waals surface area contributed by atoms with Crippen LogP contribution in [0.4, 0.5) is 17.1 Å². The van der Waals surface area contributed by atoms with Gasteiger partial charge in [0.1, 0.15) is 11.2 Å². The van der Waals surface area contributed by atoms with Gasteiger partial charge < -0.3 is 9.32 Å². The Balaban J connectivity index is 1.26. The zero-order valence-corrected chi connectivity index (χ0v) is 24.0. The normalized spacial score (nSPS) is 11.7. The van der Waals surface area contributed by atoms with E-state index in [1.54, 1.807) is 0 Å². The van der Waals surface area contributed by atoms with Crippen molar-refractivity contribution in [2.75, 3.05) is 4.90 Å². The van der Waals surface area contributed by atoms with E-state index < -0.39 is 0 Å². The summed E-state index contributed by atoms with van der Waals surface area (Å²) < 4.78 is 8.77. The number of anilines is 3. The third-order valence-electron chi connectivity index (χ3n) is 8.47. The molecule has 0 radical (unpaired) electrons. The van der Waals surface area contributed by atoms with E-state index in [9.17, 15) is 0 Å². The number of hydrogen-bond donors (Lipinski definition) is 0. The summed E-state index contributed by atoms with van der Waals surface area (Å²) in [5.74, 6) is 0. The lowest BCUT2D eigenvalue weighted by atomic mass is 9.98. The average molecular weight is 568 g/mol. The Kier molecular flexibility index (Phi) is 5.40. The molecule has 2 heterocycles. The molecule has 0 atom stereocenters. The van der Waals surface area contributed by atoms with E-state index in [1.807, 2.05) is 23.5 Å². The smallest absolute Gasteiger partial charge is 0.135 e. The molecule has 2 aromatic heterocycles. The van der Waals surface area contributed by atoms with Gasteiger partial charge in [0.2, 0.25) is 0 Å². The van der Waals surface area contributed by atoms with Crippen LogP contribution in [0.25, 0.3) is 64.0 Å². The van der Waals surface area contributed by atoms with E-state index in [2.05, 4.69) is 144 Å². The van der Waals surface area contributed by atoms with Gasteiger partial charge in [0.25, 0.3) is 0 Å². The third kappa shape index (κ3) is 3.86. The molecule has 0 aliphatic carbocycles. The first-order valence-corrected chi connectivity index (χ1v) is 15.3. The summed E-state index contributed by atoms with van der Waals surface area (Å²) in [6.45, 7) is 0. The predicted octanol–water partition coefficient (Wildman–Crippen LogP) is 12.2. The van der Waals surface area contributed by atoms with Crippen molar-refractivity contribution >= 4 is 81.3 Å². The third-order valence-corrected chi connectivity index (χ3v) is 9.68. The van der Waals surface area contributed by atoms with Gasteiger partial charge >= 0.3 is 0 Å². The average Bonchev–Trinajstić information content (AvgIpc) is 3.64. The van der Waals surface area contributed by atoms with Crippen molar-refractivity contribution in [3.05, 3.63) is 152 Å². The molecule has 3 heteroatoms. The number of rotatable bonds is 4. The molecule has 0 bridgehead atoms. The van der Waals surface area contributed by atoms with Crippen LogP contribution in [-0.4, -0.2) is 0 Å². The van der Waals surface area contributed by atoms with E-state index in [0.29, 0.717) is 0 Å². The first-order chi connectivity index (χ1) is 21.3. The van der Waals surface area contributed by atoms with Crippen LogP contribution in [0.3, 0.4) is 0 Å². The van der Waals surface area contributed by atoms with Gasteiger partial charge in [-0.2, -0.15) is 0 Å². The molecule has 0 amide bonds. The SMILES string of the molecule is c1ccc2c(-c3ccc(N(c4ccc5oc6ccccc6c5c4)c4cccc5c4sc4ccccc45)cc3)cccc2c1. The minimum Gasteiger partial charge on any atom is -0.456 e. The van der Waals surface area contributed by atoms with E-state index in [1.165, 1.54) is 47.8 Å². The summed E-state index contributed by atoms with van der Waals surface area (Å²) >= 11 is 1.86. The van der Waals surface area contributed by atoms with Crippen molar-refractivity contribution < 1.29 is 4.42 Å². The number of nitrogens with zero attached hydrogens (tertiary/aromatic N) is 1. The highest BCUT2D eigenvalue weighted by molar-refractivity contribution is 7.26. The van der Waals surface area contributed by atoms with E-state index in [4.69, 9.17) is 4.42 Å². The lowest BCUT2D eigenvalue weighted by molar-refractivity contribution is 0.669. The van der Waals surface area contributed by atoms with Gasteiger partial charge in [-0.3, -0.25) is 0 Å². The standard InChI is InChI=1S/C40H25NOS/c1-2-11-30-26(9-1)10-7-14-31(30)27-19-21-28(22-20-27)41(29-23-24-38-35(25-29)32-12-3-5-17-37(32)42-38)36-16-8-15-34-33-13-4-6-18-39(33)43-40(34)36/h1-25H. The second-order valence-corrected chi connectivity index (χ2v) is 12.0. The number of furan rings is 1. The van der Waals surface area contributed by atoms with Crippen molar-refractivity contribution in [1.82, 2.24) is 0 Å². The molecule has 0 N–H and O–H groups in total. The fraction of sp³-hybridized carbons (Fsp3) is 0. The van der Waals surface area contributed by atoms with Crippen LogP contribution in [0.15, 0.2) is 156 Å². The highest BCUT2D eigenvalue weighted by atomic mass is 32.1. The van der Waals surface area contributed by atoms with Gasteiger partial charge in [-0.25, -0.2) is 0 Å². The van der Waals surface area contributed by atoms with Gasteiger partial charge in [0, 0.05) is 37.6 Å². The minimum absolute atomic E-state index is 0.899. The molecule has 0 aliphatic heterocycles. The molecule has 0 aliphatic rings. The molecular weight excluding hydrogens is 543 g/mol. The van der Waals surface area contributed by atoms with Crippen LogP contribution < -0.4 is 4.90 Å². The molecule has 43 heavy (non-hydrogen) atoms. The second kappa shape index (κ2) is 9.59. The number of thiophene rings is 1. The summed E-state index contributed by atoms with van der Waals surface area (Å²) in [5.41, 5.74) is 7.64. The molecule has 0 spiro atoms. The maximum Gasteiger partial charge on any atom is 0.135 e. The lowest BCUT2D eigenvalue weighted by Gasteiger charge is -2.26. The first kappa shape index (κ1) is 24.2. The molecule has 7 aromatic carbocycles. The molecule has 202 valence electrons. The van der Waals surface area contributed by atoms with Crippen molar-refractivity contribution in [2.24, 2.45) is 0 Å². The van der Waals surface area contributed by atoms with Crippen molar-refractivity contribution in [3.63, 3.8) is 0 Å². The van der Waals surface area contributed by atoms with E-state index >= 15 is 0 Å². The largest absolute Gasteiger partial charge is 0.456 e. The van der Waals surface area contributed by atoms with Crippen LogP contribution in [-0.2, 0) is 0 Å². The van der Waals surface area contributed by atoms with Gasteiger partial charge in [0.05, 0.1) is 10.4 Å². The Morgan fingerprint density at radius 1 is 0.465 bits per heavy atom. The fourth-order valence-electron chi connectivity index (χ4n) is 6.46. The monoisotopic (exact) mass is 567 g/mol. The molecule has 0 unspecified atom stereocenters. The van der Waals surface area contributed by atoms with Crippen LogP contribution in [0.1, 0.15) is 0 Å². The molecule has 9 rings (SSSR count). The molecular formula is C40H25NOS. The Morgan fingerprint density at radius 3 is 2.05 bits per heavy atom. The maximum absolute atomic E-state index is 6.19.